The molecule has 0 unspecified atom stereocenters. The van der Waals surface area contributed by atoms with Crippen LogP contribution in [0, 0.1) is 17.3 Å². The van der Waals surface area contributed by atoms with Gasteiger partial charge in [-0.2, -0.15) is 0 Å². The van der Waals surface area contributed by atoms with Crippen molar-refractivity contribution in [3.05, 3.63) is 0 Å². The van der Waals surface area contributed by atoms with Gasteiger partial charge in [-0.3, -0.25) is 0 Å². The molecule has 0 aliphatic rings. The van der Waals surface area contributed by atoms with Crippen LogP contribution < -0.4 is 0 Å². The molecule has 0 rings (SSSR count). The Morgan fingerprint density at radius 3 is 2.00 bits per heavy atom. The Morgan fingerprint density at radius 2 is 1.64 bits per heavy atom. The van der Waals surface area contributed by atoms with Gasteiger partial charge in [0.1, 0.15) is 0 Å². The third kappa shape index (κ3) is 12.7. The lowest BCUT2D eigenvalue weighted by Gasteiger charge is -2.15. The van der Waals surface area contributed by atoms with E-state index >= 15 is 0 Å². The highest BCUT2D eigenvalue weighted by Gasteiger charge is 2.07. The molecule has 0 aliphatic carbocycles. The SMILES string of the molecule is C.CCC#CCCC(C)(C)C. The summed E-state index contributed by atoms with van der Waals surface area (Å²) in [5, 5.41) is 0. The van der Waals surface area contributed by atoms with E-state index in [1.54, 1.807) is 0 Å². The lowest BCUT2D eigenvalue weighted by molar-refractivity contribution is 0.384. The number of hydrogen-bond donors (Lipinski definition) is 0. The van der Waals surface area contributed by atoms with E-state index < -0.39 is 0 Å². The van der Waals surface area contributed by atoms with Gasteiger partial charge in [-0.05, 0) is 11.8 Å². The second-order valence-electron chi connectivity index (χ2n) is 3.77. The van der Waals surface area contributed by atoms with Gasteiger partial charge in [0.25, 0.3) is 0 Å². The topological polar surface area (TPSA) is 0 Å². The van der Waals surface area contributed by atoms with Gasteiger partial charge in [0, 0.05) is 12.8 Å². The molecule has 0 aromatic rings. The van der Waals surface area contributed by atoms with Gasteiger partial charge >= 0.3 is 0 Å². The highest BCUT2D eigenvalue weighted by Crippen LogP contribution is 2.19. The average molecular weight is 154 g/mol. The Hall–Kier alpha value is -0.440. The van der Waals surface area contributed by atoms with Crippen LogP contribution in [0.3, 0.4) is 0 Å². The molecule has 0 saturated carbocycles. The summed E-state index contributed by atoms with van der Waals surface area (Å²) in [5.41, 5.74) is 0.447. The van der Waals surface area contributed by atoms with Crippen molar-refractivity contribution in [2.75, 3.05) is 0 Å². The third-order valence-corrected chi connectivity index (χ3v) is 1.30. The maximum absolute atomic E-state index is 3.14. The quantitative estimate of drug-likeness (QED) is 0.503. The maximum atomic E-state index is 3.14. The molecule has 0 N–H and O–H groups in total. The van der Waals surface area contributed by atoms with Crippen LogP contribution in [-0.2, 0) is 0 Å². The van der Waals surface area contributed by atoms with Crippen LogP contribution in [0.15, 0.2) is 0 Å². The predicted molar refractivity (Wildman–Crippen MR) is 53.5 cm³/mol. The van der Waals surface area contributed by atoms with E-state index in [0.717, 1.165) is 12.8 Å². The second-order valence-corrected chi connectivity index (χ2v) is 3.77. The summed E-state index contributed by atoms with van der Waals surface area (Å²) >= 11 is 0. The van der Waals surface area contributed by atoms with E-state index in [9.17, 15) is 0 Å². The lowest BCUT2D eigenvalue weighted by atomic mass is 9.91. The van der Waals surface area contributed by atoms with Gasteiger partial charge in [-0.1, -0.05) is 35.1 Å². The molecule has 0 aromatic carbocycles. The van der Waals surface area contributed by atoms with Crippen molar-refractivity contribution in [2.24, 2.45) is 5.41 Å². The van der Waals surface area contributed by atoms with Gasteiger partial charge < -0.3 is 0 Å². The summed E-state index contributed by atoms with van der Waals surface area (Å²) in [7, 11) is 0. The van der Waals surface area contributed by atoms with Crippen LogP contribution in [0.4, 0.5) is 0 Å². The van der Waals surface area contributed by atoms with Gasteiger partial charge in [-0.15, -0.1) is 11.8 Å². The molecule has 0 amide bonds. The van der Waals surface area contributed by atoms with Crippen molar-refractivity contribution in [2.45, 2.75) is 54.4 Å². The van der Waals surface area contributed by atoms with Crippen LogP contribution in [0.1, 0.15) is 54.4 Å². The molecular weight excluding hydrogens is 132 g/mol. The van der Waals surface area contributed by atoms with E-state index in [1.165, 1.54) is 6.42 Å². The van der Waals surface area contributed by atoms with Gasteiger partial charge in [0.05, 0.1) is 0 Å². The zero-order valence-electron chi connectivity index (χ0n) is 7.62. The molecule has 0 aromatic heterocycles. The zero-order chi connectivity index (χ0) is 8.04. The first-order valence-corrected chi connectivity index (χ1v) is 4.02. The summed E-state index contributed by atoms with van der Waals surface area (Å²) in [5.74, 6) is 6.21. The van der Waals surface area contributed by atoms with E-state index in [4.69, 9.17) is 0 Å². The van der Waals surface area contributed by atoms with Crippen molar-refractivity contribution < 1.29 is 0 Å². The molecule has 0 aliphatic heterocycles. The molecule has 0 bridgehead atoms. The fraction of sp³-hybridized carbons (Fsp3) is 0.818. The molecular formula is C11H22. The number of rotatable bonds is 1. The van der Waals surface area contributed by atoms with Crippen LogP contribution in [-0.4, -0.2) is 0 Å². The molecule has 66 valence electrons. The predicted octanol–water partition coefficient (Wildman–Crippen LogP) is 3.86. The first-order chi connectivity index (χ1) is 4.56. The fourth-order valence-corrected chi connectivity index (χ4v) is 0.651. The smallest absolute Gasteiger partial charge is 0.00936 e. The largest absolute Gasteiger partial charge is 0.104 e. The molecule has 0 heteroatoms. The molecule has 0 fully saturated rings. The minimum Gasteiger partial charge on any atom is -0.104 e. The molecule has 0 saturated heterocycles. The van der Waals surface area contributed by atoms with Crippen LogP contribution in [0.5, 0.6) is 0 Å². The summed E-state index contributed by atoms with van der Waals surface area (Å²) in [6, 6.07) is 0. The maximum Gasteiger partial charge on any atom is 0.00936 e. The van der Waals surface area contributed by atoms with E-state index in [0.29, 0.717) is 5.41 Å². The standard InChI is InChI=1S/C10H18.CH4/c1-5-6-7-8-9-10(2,3)4;/h5,8-9H2,1-4H3;1H4. The average Bonchev–Trinajstić information content (AvgIpc) is 1.78. The Balaban J connectivity index is 0. The first-order valence-electron chi connectivity index (χ1n) is 4.02. The van der Waals surface area contributed by atoms with E-state index in [2.05, 4.69) is 39.5 Å². The van der Waals surface area contributed by atoms with Crippen molar-refractivity contribution in [1.29, 1.82) is 0 Å². The van der Waals surface area contributed by atoms with Crippen LogP contribution in [0.2, 0.25) is 0 Å². The van der Waals surface area contributed by atoms with E-state index in [1.807, 2.05) is 0 Å². The number of hydrogen-bond acceptors (Lipinski definition) is 0. The molecule has 0 heterocycles. The highest BCUT2D eigenvalue weighted by molar-refractivity contribution is 4.98. The Bertz CT molecular complexity index is 126. The van der Waals surface area contributed by atoms with Crippen LogP contribution in [0.25, 0.3) is 0 Å². The Kier molecular flexibility index (Phi) is 7.52. The molecule has 0 radical (unpaired) electrons. The Morgan fingerprint density at radius 1 is 1.09 bits per heavy atom. The van der Waals surface area contributed by atoms with Crippen molar-refractivity contribution in [3.63, 3.8) is 0 Å². The fourth-order valence-electron chi connectivity index (χ4n) is 0.651. The van der Waals surface area contributed by atoms with Gasteiger partial charge in [0.2, 0.25) is 0 Å². The Labute approximate surface area is 72.4 Å². The summed E-state index contributed by atoms with van der Waals surface area (Å²) in [6.45, 7) is 8.84. The molecule has 0 nitrogen and oxygen atoms in total. The monoisotopic (exact) mass is 154 g/mol. The normalized spacial score (nSPS) is 9.45. The summed E-state index contributed by atoms with van der Waals surface area (Å²) in [4.78, 5) is 0. The van der Waals surface area contributed by atoms with Crippen molar-refractivity contribution >= 4 is 0 Å². The third-order valence-electron chi connectivity index (χ3n) is 1.30. The highest BCUT2D eigenvalue weighted by atomic mass is 14.1. The van der Waals surface area contributed by atoms with Crippen molar-refractivity contribution in [3.8, 4) is 11.8 Å². The molecule has 11 heavy (non-hydrogen) atoms. The molecule has 0 spiro atoms. The summed E-state index contributed by atoms with van der Waals surface area (Å²) < 4.78 is 0. The first kappa shape index (κ1) is 13.2. The van der Waals surface area contributed by atoms with E-state index in [-0.39, 0.29) is 7.43 Å². The van der Waals surface area contributed by atoms with Gasteiger partial charge in [0.15, 0.2) is 0 Å². The zero-order valence-corrected chi connectivity index (χ0v) is 7.62. The molecule has 0 atom stereocenters. The minimum absolute atomic E-state index is 0. The summed E-state index contributed by atoms with van der Waals surface area (Å²) in [6.07, 6.45) is 3.25. The van der Waals surface area contributed by atoms with Crippen LogP contribution >= 0.6 is 0 Å². The lowest BCUT2D eigenvalue weighted by Crippen LogP contribution is -2.03. The minimum atomic E-state index is 0. The van der Waals surface area contributed by atoms with Crippen molar-refractivity contribution in [1.82, 2.24) is 0 Å². The second kappa shape index (κ2) is 6.28. The van der Waals surface area contributed by atoms with Gasteiger partial charge in [-0.25, -0.2) is 0 Å².